The van der Waals surface area contributed by atoms with E-state index in [1.54, 1.807) is 11.1 Å². The average Bonchev–Trinajstić information content (AvgIpc) is 3.22. The van der Waals surface area contributed by atoms with Crippen LogP contribution < -0.4 is 10.6 Å². The lowest BCUT2D eigenvalue weighted by molar-refractivity contribution is 0.0579. The lowest BCUT2D eigenvalue weighted by Crippen LogP contribution is -2.37. The van der Waals surface area contributed by atoms with Crippen LogP contribution in [0.2, 0.25) is 0 Å². The predicted octanol–water partition coefficient (Wildman–Crippen LogP) is 3.08. The van der Waals surface area contributed by atoms with Crippen molar-refractivity contribution in [3.63, 3.8) is 0 Å². The van der Waals surface area contributed by atoms with Gasteiger partial charge in [0.1, 0.15) is 5.60 Å². The van der Waals surface area contributed by atoms with Gasteiger partial charge in [0.15, 0.2) is 0 Å². The highest BCUT2D eigenvalue weighted by molar-refractivity contribution is 5.87. The smallest absolute Gasteiger partial charge is 0.414 e. The Morgan fingerprint density at radius 2 is 2.14 bits per heavy atom. The summed E-state index contributed by atoms with van der Waals surface area (Å²) in [5.41, 5.74) is 6.63. The lowest BCUT2D eigenvalue weighted by Gasteiger charge is -2.27. The van der Waals surface area contributed by atoms with Gasteiger partial charge in [-0.25, -0.2) is 4.79 Å². The normalized spacial score (nSPS) is 14.9. The summed E-state index contributed by atoms with van der Waals surface area (Å²) in [6.45, 7) is 6.69. The molecule has 2 N–H and O–H groups in total. The van der Waals surface area contributed by atoms with Gasteiger partial charge in [0, 0.05) is 13.1 Å². The molecular weight excluding hydrogens is 266 g/mol. The van der Waals surface area contributed by atoms with Crippen molar-refractivity contribution in [1.29, 1.82) is 0 Å². The van der Waals surface area contributed by atoms with Crippen LogP contribution in [-0.2, 0) is 11.3 Å². The molecule has 1 fully saturated rings. The third-order valence-electron chi connectivity index (χ3n) is 3.40. The van der Waals surface area contributed by atoms with E-state index < -0.39 is 5.60 Å². The zero-order valence-corrected chi connectivity index (χ0v) is 13.1. The fourth-order valence-electron chi connectivity index (χ4n) is 2.06. The Kier molecular flexibility index (Phi) is 4.83. The van der Waals surface area contributed by atoms with E-state index in [2.05, 4.69) is 4.98 Å². The van der Waals surface area contributed by atoms with E-state index in [1.807, 2.05) is 32.9 Å². The van der Waals surface area contributed by atoms with Gasteiger partial charge in [0.2, 0.25) is 0 Å². The van der Waals surface area contributed by atoms with Gasteiger partial charge in [-0.1, -0.05) is 12.8 Å². The van der Waals surface area contributed by atoms with E-state index in [0.29, 0.717) is 13.1 Å². The minimum absolute atomic E-state index is 0.314. The largest absolute Gasteiger partial charge is 0.443 e. The van der Waals surface area contributed by atoms with Gasteiger partial charge in [0.25, 0.3) is 0 Å². The van der Waals surface area contributed by atoms with E-state index in [1.165, 1.54) is 12.8 Å². The summed E-state index contributed by atoms with van der Waals surface area (Å²) in [4.78, 5) is 18.3. The Balaban J connectivity index is 2.10. The fourth-order valence-corrected chi connectivity index (χ4v) is 2.06. The summed E-state index contributed by atoms with van der Waals surface area (Å²) in [5.74, 6) is 0.756. The number of ether oxygens (including phenoxy) is 1. The monoisotopic (exact) mass is 291 g/mol. The maximum absolute atomic E-state index is 12.4. The molecule has 1 aliphatic carbocycles. The maximum atomic E-state index is 12.4. The minimum atomic E-state index is -0.500. The summed E-state index contributed by atoms with van der Waals surface area (Å²) in [6, 6.07) is 3.73. The van der Waals surface area contributed by atoms with Crippen molar-refractivity contribution in [3.8, 4) is 0 Å². The minimum Gasteiger partial charge on any atom is -0.443 e. The van der Waals surface area contributed by atoms with Gasteiger partial charge in [-0.3, -0.25) is 9.88 Å². The SMILES string of the molecule is CC(C)(C)OC(=O)N(CCC1CC1)c1ccc(CN)nc1. The molecule has 0 radical (unpaired) electrons. The first-order valence-corrected chi connectivity index (χ1v) is 7.54. The van der Waals surface area contributed by atoms with Crippen molar-refractivity contribution >= 4 is 11.8 Å². The molecule has 1 heterocycles. The number of nitrogens with two attached hydrogens (primary N) is 1. The van der Waals surface area contributed by atoms with Gasteiger partial charge in [-0.05, 0) is 45.2 Å². The van der Waals surface area contributed by atoms with E-state index in [-0.39, 0.29) is 6.09 Å². The highest BCUT2D eigenvalue weighted by Gasteiger charge is 2.27. The molecule has 1 aromatic rings. The number of rotatable bonds is 5. The van der Waals surface area contributed by atoms with Crippen molar-refractivity contribution in [3.05, 3.63) is 24.0 Å². The standard InChI is InChI=1S/C16H25N3O2/c1-16(2,3)21-15(20)19(9-8-12-4-5-12)14-7-6-13(10-17)18-11-14/h6-7,11-12H,4-5,8-10,17H2,1-3H3. The molecule has 116 valence electrons. The number of amides is 1. The fraction of sp³-hybridized carbons (Fsp3) is 0.625. The Morgan fingerprint density at radius 1 is 1.43 bits per heavy atom. The molecule has 2 rings (SSSR count). The third kappa shape index (κ3) is 5.01. The lowest BCUT2D eigenvalue weighted by atomic mass is 10.2. The van der Waals surface area contributed by atoms with Crippen LogP contribution in [0.5, 0.6) is 0 Å². The average molecular weight is 291 g/mol. The van der Waals surface area contributed by atoms with Crippen LogP contribution in [0.3, 0.4) is 0 Å². The topological polar surface area (TPSA) is 68.5 Å². The molecule has 0 spiro atoms. The summed E-state index contributed by atoms with van der Waals surface area (Å²) < 4.78 is 5.50. The second kappa shape index (κ2) is 6.43. The summed E-state index contributed by atoms with van der Waals surface area (Å²) in [6.07, 6.45) is 4.93. The molecule has 0 aliphatic heterocycles. The number of aromatic nitrogens is 1. The van der Waals surface area contributed by atoms with Crippen LogP contribution >= 0.6 is 0 Å². The number of hydrogen-bond donors (Lipinski definition) is 1. The molecule has 5 nitrogen and oxygen atoms in total. The number of hydrogen-bond acceptors (Lipinski definition) is 4. The first-order valence-electron chi connectivity index (χ1n) is 7.54. The second-order valence-corrected chi connectivity index (χ2v) is 6.58. The number of anilines is 1. The zero-order chi connectivity index (χ0) is 15.5. The van der Waals surface area contributed by atoms with Crippen LogP contribution in [0, 0.1) is 5.92 Å². The first kappa shape index (κ1) is 15.8. The molecule has 0 atom stereocenters. The number of carbonyl (C=O) groups is 1. The van der Waals surface area contributed by atoms with E-state index in [0.717, 1.165) is 23.7 Å². The Labute approximate surface area is 126 Å². The molecule has 0 saturated heterocycles. The van der Waals surface area contributed by atoms with Crippen LogP contribution in [0.25, 0.3) is 0 Å². The van der Waals surface area contributed by atoms with Crippen LogP contribution in [0.4, 0.5) is 10.5 Å². The summed E-state index contributed by atoms with van der Waals surface area (Å²) in [7, 11) is 0. The summed E-state index contributed by atoms with van der Waals surface area (Å²) >= 11 is 0. The molecular formula is C16H25N3O2. The molecule has 1 saturated carbocycles. The molecule has 5 heteroatoms. The van der Waals surface area contributed by atoms with Crippen LogP contribution in [0.1, 0.15) is 45.7 Å². The zero-order valence-electron chi connectivity index (χ0n) is 13.1. The number of pyridine rings is 1. The molecule has 0 aromatic carbocycles. The van der Waals surface area contributed by atoms with Gasteiger partial charge in [0.05, 0.1) is 17.6 Å². The van der Waals surface area contributed by atoms with Crippen molar-refractivity contribution in [2.45, 2.75) is 52.2 Å². The van der Waals surface area contributed by atoms with Crippen LogP contribution in [0.15, 0.2) is 18.3 Å². The molecule has 21 heavy (non-hydrogen) atoms. The van der Waals surface area contributed by atoms with E-state index in [4.69, 9.17) is 10.5 Å². The van der Waals surface area contributed by atoms with Crippen molar-refractivity contribution in [2.24, 2.45) is 11.7 Å². The molecule has 1 aliphatic rings. The Morgan fingerprint density at radius 3 is 2.62 bits per heavy atom. The van der Waals surface area contributed by atoms with Crippen molar-refractivity contribution < 1.29 is 9.53 Å². The van der Waals surface area contributed by atoms with Gasteiger partial charge >= 0.3 is 6.09 Å². The van der Waals surface area contributed by atoms with Crippen molar-refractivity contribution in [1.82, 2.24) is 4.98 Å². The van der Waals surface area contributed by atoms with Gasteiger partial charge in [-0.2, -0.15) is 0 Å². The highest BCUT2D eigenvalue weighted by Crippen LogP contribution is 2.33. The number of nitrogens with zero attached hydrogens (tertiary/aromatic N) is 2. The summed E-state index contributed by atoms with van der Waals surface area (Å²) in [5, 5.41) is 0. The highest BCUT2D eigenvalue weighted by atomic mass is 16.6. The molecule has 1 aromatic heterocycles. The van der Waals surface area contributed by atoms with E-state index >= 15 is 0 Å². The molecule has 0 unspecified atom stereocenters. The van der Waals surface area contributed by atoms with E-state index in [9.17, 15) is 4.79 Å². The number of carbonyl (C=O) groups excluding carboxylic acids is 1. The Hall–Kier alpha value is -1.62. The second-order valence-electron chi connectivity index (χ2n) is 6.58. The predicted molar refractivity (Wildman–Crippen MR) is 83.0 cm³/mol. The quantitative estimate of drug-likeness (QED) is 0.905. The Bertz CT molecular complexity index is 475. The molecule has 0 bridgehead atoms. The molecule has 1 amide bonds. The first-order chi connectivity index (χ1) is 9.89. The van der Waals surface area contributed by atoms with Gasteiger partial charge in [-0.15, -0.1) is 0 Å². The van der Waals surface area contributed by atoms with Crippen LogP contribution in [-0.4, -0.2) is 23.2 Å². The van der Waals surface area contributed by atoms with Crippen molar-refractivity contribution in [2.75, 3.05) is 11.4 Å². The maximum Gasteiger partial charge on any atom is 0.414 e. The van der Waals surface area contributed by atoms with Gasteiger partial charge < -0.3 is 10.5 Å². The third-order valence-corrected chi connectivity index (χ3v) is 3.40.